The van der Waals surface area contributed by atoms with Crippen molar-refractivity contribution in [3.05, 3.63) is 20.6 Å². The van der Waals surface area contributed by atoms with Gasteiger partial charge in [0.15, 0.2) is 0 Å². The Labute approximate surface area is 68.9 Å². The zero-order valence-electron chi connectivity index (χ0n) is 6.28. The Morgan fingerprint density at radius 3 is 1.50 bits per heavy atom. The molecule has 0 saturated carbocycles. The van der Waals surface area contributed by atoms with Gasteiger partial charge in [0.25, 0.3) is 0 Å². The standard InChI is InChI=1S/C4H10N.2CH3.Ti/c1-3-4(2)5;;;/h4-5H,3H2,1-2H3;2*1H3;/q3*-1;+3. The molecule has 1 unspecified atom stereocenters. The fraction of sp³-hybridized carbons (Fsp3) is 0.667. The summed E-state index contributed by atoms with van der Waals surface area (Å²) in [5.74, 6) is 0. The number of nitrogens with one attached hydrogen (secondary N) is 1. The van der Waals surface area contributed by atoms with Gasteiger partial charge in [0.1, 0.15) is 0 Å². The van der Waals surface area contributed by atoms with Crippen LogP contribution in [-0.4, -0.2) is 6.04 Å². The van der Waals surface area contributed by atoms with Gasteiger partial charge in [0, 0.05) is 0 Å². The molecule has 8 heavy (non-hydrogen) atoms. The van der Waals surface area contributed by atoms with Crippen molar-refractivity contribution in [1.82, 2.24) is 0 Å². The van der Waals surface area contributed by atoms with Crippen molar-refractivity contribution in [2.24, 2.45) is 0 Å². The molecule has 0 fully saturated rings. The minimum absolute atomic E-state index is 0. The van der Waals surface area contributed by atoms with E-state index in [2.05, 4.69) is 0 Å². The van der Waals surface area contributed by atoms with Crippen molar-refractivity contribution in [1.29, 1.82) is 0 Å². The van der Waals surface area contributed by atoms with Crippen LogP contribution < -0.4 is 0 Å². The molecule has 1 nitrogen and oxygen atoms in total. The SMILES string of the molecule is CCC(C)[NH-].[CH3-].[CH3-].[Ti+3]. The topological polar surface area (TPSA) is 23.8 Å². The Bertz CT molecular complexity index is 22.5. The summed E-state index contributed by atoms with van der Waals surface area (Å²) in [6, 6.07) is 0.134. The van der Waals surface area contributed by atoms with E-state index in [0.717, 1.165) is 6.42 Å². The predicted octanol–water partition coefficient (Wildman–Crippen LogP) is 2.74. The molecule has 0 spiro atoms. The van der Waals surface area contributed by atoms with E-state index in [4.69, 9.17) is 5.73 Å². The fourth-order valence-corrected chi connectivity index (χ4v) is 0. The molecule has 0 bridgehead atoms. The minimum Gasteiger partial charge on any atom is -0.675 e. The third-order valence-electron chi connectivity index (χ3n) is 0.612. The summed E-state index contributed by atoms with van der Waals surface area (Å²) in [7, 11) is 0. The van der Waals surface area contributed by atoms with Crippen molar-refractivity contribution >= 4 is 0 Å². The van der Waals surface area contributed by atoms with Gasteiger partial charge in [-0.1, -0.05) is 20.3 Å². The van der Waals surface area contributed by atoms with Gasteiger partial charge in [-0.15, -0.1) is 6.04 Å². The smallest absolute Gasteiger partial charge is 0.675 e. The second-order valence-electron chi connectivity index (χ2n) is 1.31. The van der Waals surface area contributed by atoms with Gasteiger partial charge >= 0.3 is 21.7 Å². The zero-order chi connectivity index (χ0) is 4.28. The van der Waals surface area contributed by atoms with Crippen LogP contribution in [0.15, 0.2) is 0 Å². The van der Waals surface area contributed by atoms with Crippen molar-refractivity contribution in [3.8, 4) is 0 Å². The maximum Gasteiger partial charge on any atom is 3.00 e. The summed E-state index contributed by atoms with van der Waals surface area (Å²) >= 11 is 0. The fourth-order valence-electron chi connectivity index (χ4n) is 0. The molecule has 1 N–H and O–H groups in total. The molecular weight excluding hydrogens is 134 g/mol. The first-order valence-corrected chi connectivity index (χ1v) is 1.98. The molecule has 0 rings (SSSR count). The van der Waals surface area contributed by atoms with E-state index in [0.29, 0.717) is 0 Å². The maximum absolute atomic E-state index is 6.83. The summed E-state index contributed by atoms with van der Waals surface area (Å²) in [6.45, 7) is 3.90. The summed E-state index contributed by atoms with van der Waals surface area (Å²) in [6.07, 6.45) is 0.972. The van der Waals surface area contributed by atoms with Gasteiger partial charge in [-0.3, -0.25) is 0 Å². The Hall–Kier alpha value is 0.674. The third-order valence-corrected chi connectivity index (χ3v) is 0.612. The maximum atomic E-state index is 6.83. The van der Waals surface area contributed by atoms with Gasteiger partial charge in [-0.05, 0) is 0 Å². The Morgan fingerprint density at radius 1 is 1.38 bits per heavy atom. The molecule has 0 aromatic carbocycles. The van der Waals surface area contributed by atoms with Crippen molar-refractivity contribution < 1.29 is 21.7 Å². The van der Waals surface area contributed by atoms with Gasteiger partial charge in [-0.25, -0.2) is 0 Å². The molecule has 0 amide bonds. The molecule has 1 atom stereocenters. The molecule has 0 aromatic rings. The van der Waals surface area contributed by atoms with E-state index in [1.54, 1.807) is 0 Å². The average Bonchev–Trinajstić information content (AvgIpc) is 1.38. The monoisotopic (exact) mass is 150 g/mol. The van der Waals surface area contributed by atoms with E-state index in [9.17, 15) is 0 Å². The van der Waals surface area contributed by atoms with Crippen LogP contribution in [0.5, 0.6) is 0 Å². The number of rotatable bonds is 1. The van der Waals surface area contributed by atoms with Crippen molar-refractivity contribution in [3.63, 3.8) is 0 Å². The molecule has 0 heterocycles. The molecule has 2 heteroatoms. The Kier molecular flexibility index (Phi) is 45.7. The van der Waals surface area contributed by atoms with Crippen LogP contribution in [0.4, 0.5) is 0 Å². The quantitative estimate of drug-likeness (QED) is 0.405. The molecule has 0 aliphatic heterocycles. The Balaban J connectivity index is -0.0000000267. The molecular formula is C6H16NTi. The predicted molar refractivity (Wildman–Crippen MR) is 36.9 cm³/mol. The summed E-state index contributed by atoms with van der Waals surface area (Å²) in [5.41, 5.74) is 6.83. The van der Waals surface area contributed by atoms with Gasteiger partial charge in [-0.2, -0.15) is 0 Å². The van der Waals surface area contributed by atoms with E-state index in [1.807, 2.05) is 13.8 Å². The summed E-state index contributed by atoms with van der Waals surface area (Å²) in [5, 5.41) is 0. The number of hydrogen-bond donors (Lipinski definition) is 0. The molecule has 49 valence electrons. The van der Waals surface area contributed by atoms with E-state index in [1.165, 1.54) is 0 Å². The van der Waals surface area contributed by atoms with E-state index < -0.39 is 0 Å². The van der Waals surface area contributed by atoms with E-state index in [-0.39, 0.29) is 42.6 Å². The third kappa shape index (κ3) is 30.0. The van der Waals surface area contributed by atoms with Crippen LogP contribution in [-0.2, 0) is 21.7 Å². The van der Waals surface area contributed by atoms with Crippen molar-refractivity contribution in [2.45, 2.75) is 26.3 Å². The molecule has 0 aromatic heterocycles. The Morgan fingerprint density at radius 2 is 1.50 bits per heavy atom. The normalized spacial score (nSPS) is 9.38. The number of hydrogen-bond acceptors (Lipinski definition) is 0. The largest absolute Gasteiger partial charge is 3.00 e. The van der Waals surface area contributed by atoms with Crippen LogP contribution in [0.3, 0.4) is 0 Å². The zero-order valence-corrected chi connectivity index (χ0v) is 7.85. The summed E-state index contributed by atoms with van der Waals surface area (Å²) < 4.78 is 0. The van der Waals surface area contributed by atoms with Gasteiger partial charge < -0.3 is 20.6 Å². The van der Waals surface area contributed by atoms with Crippen LogP contribution in [0.25, 0.3) is 5.73 Å². The van der Waals surface area contributed by atoms with Crippen LogP contribution in [0.2, 0.25) is 0 Å². The van der Waals surface area contributed by atoms with E-state index >= 15 is 0 Å². The first kappa shape index (κ1) is 23.4. The van der Waals surface area contributed by atoms with Crippen molar-refractivity contribution in [2.75, 3.05) is 0 Å². The van der Waals surface area contributed by atoms with Gasteiger partial charge in [0.05, 0.1) is 0 Å². The average molecular weight is 150 g/mol. The molecule has 0 saturated heterocycles. The van der Waals surface area contributed by atoms with Gasteiger partial charge in [0.2, 0.25) is 0 Å². The first-order chi connectivity index (χ1) is 2.27. The molecule has 0 aliphatic carbocycles. The molecule has 1 radical (unpaired) electrons. The summed E-state index contributed by atoms with van der Waals surface area (Å²) in [4.78, 5) is 0. The van der Waals surface area contributed by atoms with Crippen LogP contribution in [0, 0.1) is 14.9 Å². The second kappa shape index (κ2) is 15.6. The molecule has 0 aliphatic rings. The minimum atomic E-state index is 0. The first-order valence-electron chi connectivity index (χ1n) is 1.98. The second-order valence-corrected chi connectivity index (χ2v) is 1.31. The van der Waals surface area contributed by atoms with Crippen LogP contribution >= 0.6 is 0 Å². The van der Waals surface area contributed by atoms with Crippen LogP contribution in [0.1, 0.15) is 20.3 Å².